The third kappa shape index (κ3) is 4.30. The topological polar surface area (TPSA) is 72.7 Å². The van der Waals surface area contributed by atoms with Gasteiger partial charge in [0.15, 0.2) is 0 Å². The highest BCUT2D eigenvalue weighted by Gasteiger charge is 2.08. The summed E-state index contributed by atoms with van der Waals surface area (Å²) in [5, 5.41) is 17.3. The Morgan fingerprint density at radius 3 is 2.48 bits per heavy atom. The minimum Gasteiger partial charge on any atom is -0.345 e. The van der Waals surface area contributed by atoms with Gasteiger partial charge in [0.1, 0.15) is 10.0 Å². The maximum atomic E-state index is 12.2. The molecule has 1 aromatic carbocycles. The van der Waals surface area contributed by atoms with Gasteiger partial charge in [0, 0.05) is 11.3 Å². The Morgan fingerprint density at radius 1 is 1.16 bits per heavy atom. The fraction of sp³-hybridized carbons (Fsp3) is 0.333. The van der Waals surface area contributed by atoms with Crippen LogP contribution in [0.1, 0.15) is 44.2 Å². The van der Waals surface area contributed by atoms with Crippen LogP contribution >= 0.6 is 11.3 Å². The summed E-state index contributed by atoms with van der Waals surface area (Å²) in [6.07, 6.45) is 0.863. The van der Waals surface area contributed by atoms with Gasteiger partial charge >= 0.3 is 0 Å². The highest BCUT2D eigenvalue weighted by Crippen LogP contribution is 2.11. The zero-order chi connectivity index (χ0) is 17.8. The first-order valence-electron chi connectivity index (χ1n) is 8.24. The van der Waals surface area contributed by atoms with E-state index in [1.54, 1.807) is 0 Å². The number of aryl methyl sites for hydroxylation is 3. The van der Waals surface area contributed by atoms with E-state index in [4.69, 9.17) is 0 Å². The van der Waals surface area contributed by atoms with Gasteiger partial charge in [-0.15, -0.1) is 10.2 Å². The van der Waals surface area contributed by atoms with Crippen LogP contribution < -0.4 is 5.32 Å². The summed E-state index contributed by atoms with van der Waals surface area (Å²) in [5.74, 6) is -0.106. The average Bonchev–Trinajstić information content (AvgIpc) is 3.19. The van der Waals surface area contributed by atoms with E-state index >= 15 is 0 Å². The standard InChI is InChI=1S/C18H21N5OS/c1-4-16-20-21-17(25-16)10-19-18(24)15-7-5-14(6-8-15)11-23-13(3)9-12(2)22-23/h5-9H,4,10-11H2,1-3H3,(H,19,24). The highest BCUT2D eigenvalue weighted by atomic mass is 32.1. The molecule has 0 saturated heterocycles. The summed E-state index contributed by atoms with van der Waals surface area (Å²) in [6, 6.07) is 9.66. The van der Waals surface area contributed by atoms with E-state index in [1.165, 1.54) is 11.3 Å². The molecule has 0 saturated carbocycles. The molecule has 6 nitrogen and oxygen atoms in total. The Bertz CT molecular complexity index is 866. The molecule has 25 heavy (non-hydrogen) atoms. The Balaban J connectivity index is 1.59. The minimum atomic E-state index is -0.106. The van der Waals surface area contributed by atoms with Gasteiger partial charge in [-0.25, -0.2) is 0 Å². The quantitative estimate of drug-likeness (QED) is 0.738. The van der Waals surface area contributed by atoms with E-state index in [2.05, 4.69) is 26.7 Å². The van der Waals surface area contributed by atoms with E-state index in [9.17, 15) is 4.79 Å². The van der Waals surface area contributed by atoms with Crippen molar-refractivity contribution >= 4 is 17.2 Å². The Hall–Kier alpha value is -2.54. The SMILES string of the molecule is CCc1nnc(CNC(=O)c2ccc(Cn3nc(C)cc3C)cc2)s1. The molecule has 0 spiro atoms. The number of rotatable bonds is 6. The van der Waals surface area contributed by atoms with Gasteiger partial charge in [-0.05, 0) is 44.0 Å². The largest absolute Gasteiger partial charge is 0.345 e. The zero-order valence-corrected chi connectivity index (χ0v) is 15.4. The van der Waals surface area contributed by atoms with Crippen LogP contribution in [-0.4, -0.2) is 25.9 Å². The van der Waals surface area contributed by atoms with Crippen LogP contribution in [0.5, 0.6) is 0 Å². The second kappa shape index (κ2) is 7.57. The first-order valence-corrected chi connectivity index (χ1v) is 9.06. The van der Waals surface area contributed by atoms with Crippen molar-refractivity contribution in [1.29, 1.82) is 0 Å². The summed E-state index contributed by atoms with van der Waals surface area (Å²) < 4.78 is 1.96. The smallest absolute Gasteiger partial charge is 0.251 e. The summed E-state index contributed by atoms with van der Waals surface area (Å²) in [6.45, 7) is 7.17. The van der Waals surface area contributed by atoms with E-state index in [0.29, 0.717) is 18.7 Å². The van der Waals surface area contributed by atoms with E-state index < -0.39 is 0 Å². The molecule has 0 fully saturated rings. The van der Waals surface area contributed by atoms with E-state index in [1.807, 2.05) is 49.7 Å². The lowest BCUT2D eigenvalue weighted by Crippen LogP contribution is -2.22. The molecular formula is C18H21N5OS. The monoisotopic (exact) mass is 355 g/mol. The number of nitrogens with zero attached hydrogens (tertiary/aromatic N) is 4. The lowest BCUT2D eigenvalue weighted by Gasteiger charge is -2.07. The molecule has 0 radical (unpaired) electrons. The van der Waals surface area contributed by atoms with Crippen LogP contribution in [0.3, 0.4) is 0 Å². The van der Waals surface area contributed by atoms with Gasteiger partial charge in [-0.1, -0.05) is 30.4 Å². The van der Waals surface area contributed by atoms with Gasteiger partial charge in [-0.3, -0.25) is 9.48 Å². The lowest BCUT2D eigenvalue weighted by atomic mass is 10.1. The van der Waals surface area contributed by atoms with Crippen LogP contribution in [0.15, 0.2) is 30.3 Å². The predicted octanol–water partition coefficient (Wildman–Crippen LogP) is 2.89. The number of amides is 1. The van der Waals surface area contributed by atoms with Crippen molar-refractivity contribution in [2.75, 3.05) is 0 Å². The molecule has 3 aromatic rings. The zero-order valence-electron chi connectivity index (χ0n) is 14.6. The molecule has 1 N–H and O–H groups in total. The molecule has 1 amide bonds. The number of nitrogens with one attached hydrogen (secondary N) is 1. The molecule has 7 heteroatoms. The van der Waals surface area contributed by atoms with Crippen molar-refractivity contribution in [2.24, 2.45) is 0 Å². The molecular weight excluding hydrogens is 334 g/mol. The highest BCUT2D eigenvalue weighted by molar-refractivity contribution is 7.11. The van der Waals surface area contributed by atoms with Crippen molar-refractivity contribution in [1.82, 2.24) is 25.3 Å². The lowest BCUT2D eigenvalue weighted by molar-refractivity contribution is 0.0951. The average molecular weight is 355 g/mol. The fourth-order valence-electron chi connectivity index (χ4n) is 2.53. The van der Waals surface area contributed by atoms with Crippen LogP contribution in [0.2, 0.25) is 0 Å². The predicted molar refractivity (Wildman–Crippen MR) is 97.7 cm³/mol. The molecule has 130 valence electrons. The molecule has 3 rings (SSSR count). The van der Waals surface area contributed by atoms with Crippen molar-refractivity contribution in [3.63, 3.8) is 0 Å². The van der Waals surface area contributed by atoms with Gasteiger partial charge in [0.2, 0.25) is 0 Å². The Kier molecular flexibility index (Phi) is 5.23. The number of aromatic nitrogens is 4. The van der Waals surface area contributed by atoms with Gasteiger partial charge < -0.3 is 5.32 Å². The second-order valence-electron chi connectivity index (χ2n) is 5.91. The molecule has 0 aliphatic carbocycles. The van der Waals surface area contributed by atoms with Crippen LogP contribution in [0, 0.1) is 13.8 Å². The molecule has 2 aromatic heterocycles. The van der Waals surface area contributed by atoms with E-state index in [-0.39, 0.29) is 5.91 Å². The van der Waals surface area contributed by atoms with Crippen molar-refractivity contribution in [3.8, 4) is 0 Å². The number of benzene rings is 1. The normalized spacial score (nSPS) is 10.8. The van der Waals surface area contributed by atoms with Crippen LogP contribution in [0.25, 0.3) is 0 Å². The molecule has 0 aliphatic heterocycles. The van der Waals surface area contributed by atoms with Gasteiger partial charge in [0.05, 0.1) is 18.8 Å². The maximum absolute atomic E-state index is 12.2. The second-order valence-corrected chi connectivity index (χ2v) is 7.05. The van der Waals surface area contributed by atoms with Gasteiger partial charge in [0.25, 0.3) is 5.91 Å². The Labute approximate surface area is 150 Å². The number of carbonyl (C=O) groups is 1. The molecule has 2 heterocycles. The minimum absolute atomic E-state index is 0.106. The molecule has 0 unspecified atom stereocenters. The van der Waals surface area contributed by atoms with Crippen LogP contribution in [-0.2, 0) is 19.5 Å². The summed E-state index contributed by atoms with van der Waals surface area (Å²) >= 11 is 1.53. The number of hydrogen-bond donors (Lipinski definition) is 1. The fourth-order valence-corrected chi connectivity index (χ4v) is 3.25. The molecule has 0 bridgehead atoms. The summed E-state index contributed by atoms with van der Waals surface area (Å²) in [5.41, 5.74) is 3.89. The summed E-state index contributed by atoms with van der Waals surface area (Å²) in [4.78, 5) is 12.2. The van der Waals surface area contributed by atoms with E-state index in [0.717, 1.165) is 33.4 Å². The first kappa shape index (κ1) is 17.3. The number of hydrogen-bond acceptors (Lipinski definition) is 5. The third-order valence-electron chi connectivity index (χ3n) is 3.86. The first-order chi connectivity index (χ1) is 12.0. The van der Waals surface area contributed by atoms with Crippen LogP contribution in [0.4, 0.5) is 0 Å². The van der Waals surface area contributed by atoms with Crippen molar-refractivity contribution in [3.05, 3.63) is 62.9 Å². The number of carbonyl (C=O) groups excluding carboxylic acids is 1. The van der Waals surface area contributed by atoms with Crippen molar-refractivity contribution < 1.29 is 4.79 Å². The molecule has 0 aliphatic rings. The Morgan fingerprint density at radius 2 is 1.88 bits per heavy atom. The summed E-state index contributed by atoms with van der Waals surface area (Å²) in [7, 11) is 0. The van der Waals surface area contributed by atoms with Crippen molar-refractivity contribution in [2.45, 2.75) is 40.3 Å². The third-order valence-corrected chi connectivity index (χ3v) is 4.93. The van der Waals surface area contributed by atoms with Gasteiger partial charge in [-0.2, -0.15) is 5.10 Å². The maximum Gasteiger partial charge on any atom is 0.251 e. The molecule has 0 atom stereocenters.